The maximum absolute atomic E-state index is 4.05. The van der Waals surface area contributed by atoms with Gasteiger partial charge in [0, 0.05) is 23.3 Å². The molecule has 0 fully saturated rings. The Morgan fingerprint density at radius 2 is 2.40 bits per heavy atom. The van der Waals surface area contributed by atoms with E-state index in [0.717, 1.165) is 5.33 Å². The molecule has 1 aromatic heterocycles. The standard InChI is InChI=1S/C7H11BrN2/c1-6(2)10-5-9-4-7(10)3-8/h4-6H,3H2,1-2H3. The van der Waals surface area contributed by atoms with Gasteiger partial charge in [-0.3, -0.25) is 0 Å². The summed E-state index contributed by atoms with van der Waals surface area (Å²) in [5.41, 5.74) is 1.23. The third-order valence-corrected chi connectivity index (χ3v) is 2.01. The van der Waals surface area contributed by atoms with E-state index in [1.807, 2.05) is 12.5 Å². The summed E-state index contributed by atoms with van der Waals surface area (Å²) in [4.78, 5) is 4.05. The highest BCUT2D eigenvalue weighted by atomic mass is 79.9. The maximum atomic E-state index is 4.05. The van der Waals surface area contributed by atoms with E-state index in [-0.39, 0.29) is 0 Å². The van der Waals surface area contributed by atoms with Crippen LogP contribution in [0.3, 0.4) is 0 Å². The first kappa shape index (κ1) is 7.79. The van der Waals surface area contributed by atoms with Gasteiger partial charge in [-0.15, -0.1) is 0 Å². The van der Waals surface area contributed by atoms with Crippen molar-refractivity contribution in [2.45, 2.75) is 25.2 Å². The maximum Gasteiger partial charge on any atom is 0.0950 e. The molecule has 1 rings (SSSR count). The second-order valence-corrected chi connectivity index (χ2v) is 3.08. The number of aromatic nitrogens is 2. The zero-order valence-electron chi connectivity index (χ0n) is 6.21. The number of imidazole rings is 1. The van der Waals surface area contributed by atoms with Gasteiger partial charge in [0.25, 0.3) is 0 Å². The van der Waals surface area contributed by atoms with Crippen molar-refractivity contribution in [3.63, 3.8) is 0 Å². The van der Waals surface area contributed by atoms with E-state index in [4.69, 9.17) is 0 Å². The third-order valence-electron chi connectivity index (χ3n) is 1.44. The van der Waals surface area contributed by atoms with Crippen LogP contribution in [0, 0.1) is 0 Å². The van der Waals surface area contributed by atoms with Gasteiger partial charge in [-0.25, -0.2) is 4.98 Å². The Balaban J connectivity index is 2.90. The van der Waals surface area contributed by atoms with Crippen LogP contribution in [0.25, 0.3) is 0 Å². The molecule has 2 nitrogen and oxygen atoms in total. The van der Waals surface area contributed by atoms with Crippen LogP contribution in [0.1, 0.15) is 25.6 Å². The third kappa shape index (κ3) is 1.40. The second-order valence-electron chi connectivity index (χ2n) is 2.52. The Labute approximate surface area is 69.4 Å². The van der Waals surface area contributed by atoms with Crippen LogP contribution in [0.5, 0.6) is 0 Å². The molecule has 0 atom stereocenters. The van der Waals surface area contributed by atoms with Crippen LogP contribution in [-0.2, 0) is 5.33 Å². The lowest BCUT2D eigenvalue weighted by atomic mass is 10.4. The summed E-state index contributed by atoms with van der Waals surface area (Å²) < 4.78 is 2.15. The van der Waals surface area contributed by atoms with Crippen LogP contribution in [0.2, 0.25) is 0 Å². The first-order valence-corrected chi connectivity index (χ1v) is 4.44. The number of rotatable bonds is 2. The van der Waals surface area contributed by atoms with E-state index in [9.17, 15) is 0 Å². The molecule has 3 heteroatoms. The predicted molar refractivity (Wildman–Crippen MR) is 45.2 cm³/mol. The largest absolute Gasteiger partial charge is 0.331 e. The molecular weight excluding hydrogens is 192 g/mol. The van der Waals surface area contributed by atoms with E-state index < -0.39 is 0 Å². The molecule has 10 heavy (non-hydrogen) atoms. The minimum absolute atomic E-state index is 0.509. The smallest absolute Gasteiger partial charge is 0.0950 e. The Bertz CT molecular complexity index is 205. The van der Waals surface area contributed by atoms with Crippen molar-refractivity contribution in [3.8, 4) is 0 Å². The second kappa shape index (κ2) is 3.19. The summed E-state index contributed by atoms with van der Waals surface area (Å²) in [6.07, 6.45) is 3.75. The van der Waals surface area contributed by atoms with Gasteiger partial charge in [0.1, 0.15) is 0 Å². The summed E-state index contributed by atoms with van der Waals surface area (Å²) in [5.74, 6) is 0. The van der Waals surface area contributed by atoms with Gasteiger partial charge in [-0.1, -0.05) is 15.9 Å². The van der Waals surface area contributed by atoms with Gasteiger partial charge in [0.15, 0.2) is 0 Å². The average molecular weight is 203 g/mol. The topological polar surface area (TPSA) is 17.8 Å². The molecule has 1 heterocycles. The van der Waals surface area contributed by atoms with Crippen molar-refractivity contribution in [1.82, 2.24) is 9.55 Å². The minimum atomic E-state index is 0.509. The molecule has 1 aromatic rings. The average Bonchev–Trinajstić information content (AvgIpc) is 2.33. The van der Waals surface area contributed by atoms with E-state index in [1.165, 1.54) is 5.69 Å². The number of hydrogen-bond donors (Lipinski definition) is 0. The van der Waals surface area contributed by atoms with Crippen LogP contribution in [-0.4, -0.2) is 9.55 Å². The van der Waals surface area contributed by atoms with Crippen molar-refractivity contribution in [3.05, 3.63) is 18.2 Å². The molecule has 0 aliphatic rings. The van der Waals surface area contributed by atoms with Gasteiger partial charge in [-0.2, -0.15) is 0 Å². The van der Waals surface area contributed by atoms with Gasteiger partial charge >= 0.3 is 0 Å². The number of hydrogen-bond acceptors (Lipinski definition) is 1. The van der Waals surface area contributed by atoms with E-state index in [1.54, 1.807) is 0 Å². The molecule has 0 amide bonds. The van der Waals surface area contributed by atoms with Crippen molar-refractivity contribution < 1.29 is 0 Å². The zero-order valence-corrected chi connectivity index (χ0v) is 7.80. The highest BCUT2D eigenvalue weighted by Gasteiger charge is 2.01. The lowest BCUT2D eigenvalue weighted by Crippen LogP contribution is -2.01. The molecule has 0 unspecified atom stereocenters. The van der Waals surface area contributed by atoms with Gasteiger partial charge in [0.2, 0.25) is 0 Å². The highest BCUT2D eigenvalue weighted by Crippen LogP contribution is 2.10. The fourth-order valence-corrected chi connectivity index (χ4v) is 1.33. The fraction of sp³-hybridized carbons (Fsp3) is 0.571. The Hall–Kier alpha value is -0.310. The molecule has 0 aliphatic carbocycles. The molecule has 56 valence electrons. The monoisotopic (exact) mass is 202 g/mol. The molecule has 0 N–H and O–H groups in total. The van der Waals surface area contributed by atoms with E-state index in [2.05, 4.69) is 39.3 Å². The molecular formula is C7H11BrN2. The molecule has 0 aromatic carbocycles. The summed E-state index contributed by atoms with van der Waals surface area (Å²) in [6, 6.07) is 0.509. The summed E-state index contributed by atoms with van der Waals surface area (Å²) in [6.45, 7) is 4.29. The normalized spacial score (nSPS) is 10.8. The minimum Gasteiger partial charge on any atom is -0.331 e. The van der Waals surface area contributed by atoms with Crippen molar-refractivity contribution in [2.24, 2.45) is 0 Å². The summed E-state index contributed by atoms with van der Waals surface area (Å²) >= 11 is 3.39. The van der Waals surface area contributed by atoms with Gasteiger partial charge in [0.05, 0.1) is 6.33 Å². The zero-order chi connectivity index (χ0) is 7.56. The lowest BCUT2D eigenvalue weighted by Gasteiger charge is -2.08. The van der Waals surface area contributed by atoms with Crippen LogP contribution < -0.4 is 0 Å². The molecule has 0 saturated heterocycles. The van der Waals surface area contributed by atoms with E-state index in [0.29, 0.717) is 6.04 Å². The molecule has 0 saturated carbocycles. The van der Waals surface area contributed by atoms with Crippen molar-refractivity contribution in [2.75, 3.05) is 0 Å². The molecule has 0 spiro atoms. The van der Waals surface area contributed by atoms with Gasteiger partial charge < -0.3 is 4.57 Å². The first-order valence-electron chi connectivity index (χ1n) is 3.32. The Morgan fingerprint density at radius 3 is 2.80 bits per heavy atom. The Morgan fingerprint density at radius 1 is 1.70 bits per heavy atom. The summed E-state index contributed by atoms with van der Waals surface area (Å²) in [7, 11) is 0. The predicted octanol–water partition coefficient (Wildman–Crippen LogP) is 2.36. The van der Waals surface area contributed by atoms with Crippen molar-refractivity contribution in [1.29, 1.82) is 0 Å². The SMILES string of the molecule is CC(C)n1cncc1CBr. The molecule has 0 bridgehead atoms. The van der Waals surface area contributed by atoms with Crippen LogP contribution in [0.15, 0.2) is 12.5 Å². The lowest BCUT2D eigenvalue weighted by molar-refractivity contribution is 0.584. The van der Waals surface area contributed by atoms with Crippen LogP contribution >= 0.6 is 15.9 Å². The summed E-state index contributed by atoms with van der Waals surface area (Å²) in [5, 5.41) is 0.880. The Kier molecular flexibility index (Phi) is 2.49. The van der Waals surface area contributed by atoms with E-state index >= 15 is 0 Å². The van der Waals surface area contributed by atoms with Crippen molar-refractivity contribution >= 4 is 15.9 Å². The molecule has 0 aliphatic heterocycles. The molecule has 0 radical (unpaired) electrons. The van der Waals surface area contributed by atoms with Crippen LogP contribution in [0.4, 0.5) is 0 Å². The fourth-order valence-electron chi connectivity index (χ4n) is 0.901. The van der Waals surface area contributed by atoms with Gasteiger partial charge in [-0.05, 0) is 13.8 Å². The highest BCUT2D eigenvalue weighted by molar-refractivity contribution is 9.08. The number of halogens is 1. The number of alkyl halides is 1. The quantitative estimate of drug-likeness (QED) is 0.674. The number of nitrogens with zero attached hydrogens (tertiary/aromatic N) is 2. The first-order chi connectivity index (χ1) is 4.75.